The quantitative estimate of drug-likeness (QED) is 0.242. The molecule has 0 saturated carbocycles. The van der Waals surface area contributed by atoms with Crippen LogP contribution in [0, 0.1) is 0 Å². The third-order valence-electron chi connectivity index (χ3n) is 5.07. The topological polar surface area (TPSA) is 38.3 Å². The van der Waals surface area contributed by atoms with Crippen molar-refractivity contribution in [3.63, 3.8) is 0 Å². The van der Waals surface area contributed by atoms with Gasteiger partial charge in [-0.1, -0.05) is 121 Å². The third-order valence-corrected chi connectivity index (χ3v) is 5.07. The van der Waals surface area contributed by atoms with E-state index in [0.717, 1.165) is 22.3 Å². The molecule has 4 rings (SSSR count). The molecular formula is C28H23NO2. The van der Waals surface area contributed by atoms with E-state index in [-0.39, 0.29) is 5.91 Å². The molecule has 0 unspecified atom stereocenters. The molecule has 1 amide bonds. The van der Waals surface area contributed by atoms with Crippen LogP contribution in [0.1, 0.15) is 22.3 Å². The lowest BCUT2D eigenvalue weighted by molar-refractivity contribution is -0.138. The number of benzene rings is 4. The molecule has 0 bridgehead atoms. The van der Waals surface area contributed by atoms with Gasteiger partial charge in [-0.25, -0.2) is 5.48 Å². The Balaban J connectivity index is 1.72. The molecule has 1 N–H and O–H groups in total. The average molecular weight is 405 g/mol. The number of carbonyl (C=O) groups excluding carboxylic acids is 1. The maximum atomic E-state index is 12.6. The lowest BCUT2D eigenvalue weighted by Gasteiger charge is -2.34. The van der Waals surface area contributed by atoms with E-state index in [4.69, 9.17) is 4.84 Å². The van der Waals surface area contributed by atoms with Crippen LogP contribution in [0.5, 0.6) is 0 Å². The minimum Gasteiger partial charge on any atom is -0.268 e. The Kier molecular flexibility index (Phi) is 6.36. The zero-order valence-electron chi connectivity index (χ0n) is 17.0. The van der Waals surface area contributed by atoms with Crippen molar-refractivity contribution in [1.29, 1.82) is 0 Å². The van der Waals surface area contributed by atoms with E-state index in [0.29, 0.717) is 0 Å². The number of nitrogens with one attached hydrogen (secondary N) is 1. The number of hydrogen-bond donors (Lipinski definition) is 1. The minimum atomic E-state index is -1.000. The van der Waals surface area contributed by atoms with Crippen molar-refractivity contribution in [1.82, 2.24) is 5.48 Å². The van der Waals surface area contributed by atoms with Gasteiger partial charge in [0.2, 0.25) is 0 Å². The molecule has 4 aromatic carbocycles. The van der Waals surface area contributed by atoms with Crippen LogP contribution in [-0.4, -0.2) is 5.91 Å². The summed E-state index contributed by atoms with van der Waals surface area (Å²) in [5.41, 5.74) is 5.36. The molecule has 152 valence electrons. The normalized spacial score (nSPS) is 11.4. The molecule has 4 aromatic rings. The highest BCUT2D eigenvalue weighted by atomic mass is 16.7. The van der Waals surface area contributed by atoms with E-state index in [2.05, 4.69) is 5.48 Å². The van der Waals surface area contributed by atoms with Gasteiger partial charge in [-0.2, -0.15) is 0 Å². The Labute approximate surface area is 182 Å². The average Bonchev–Trinajstić information content (AvgIpc) is 2.86. The highest BCUT2D eigenvalue weighted by Gasteiger charge is 2.38. The molecule has 3 nitrogen and oxygen atoms in total. The molecule has 31 heavy (non-hydrogen) atoms. The van der Waals surface area contributed by atoms with Gasteiger partial charge in [0, 0.05) is 6.08 Å². The number of hydrogen-bond acceptors (Lipinski definition) is 2. The summed E-state index contributed by atoms with van der Waals surface area (Å²) < 4.78 is 0. The van der Waals surface area contributed by atoms with Crippen LogP contribution < -0.4 is 5.48 Å². The van der Waals surface area contributed by atoms with Crippen molar-refractivity contribution in [2.45, 2.75) is 5.60 Å². The van der Waals surface area contributed by atoms with E-state index < -0.39 is 5.60 Å². The van der Waals surface area contributed by atoms with Gasteiger partial charge in [-0.3, -0.25) is 9.63 Å². The van der Waals surface area contributed by atoms with Gasteiger partial charge >= 0.3 is 0 Å². The molecule has 0 aliphatic heterocycles. The fourth-order valence-corrected chi connectivity index (χ4v) is 3.59. The van der Waals surface area contributed by atoms with Crippen LogP contribution in [-0.2, 0) is 15.2 Å². The largest absolute Gasteiger partial charge is 0.268 e. The van der Waals surface area contributed by atoms with Crippen molar-refractivity contribution >= 4 is 12.0 Å². The predicted molar refractivity (Wildman–Crippen MR) is 124 cm³/mol. The van der Waals surface area contributed by atoms with Crippen LogP contribution >= 0.6 is 0 Å². The Morgan fingerprint density at radius 3 is 1.42 bits per heavy atom. The smallest absolute Gasteiger partial charge is 0.267 e. The van der Waals surface area contributed by atoms with E-state index in [1.165, 1.54) is 6.08 Å². The molecular weight excluding hydrogens is 382 g/mol. The summed E-state index contributed by atoms with van der Waals surface area (Å²) >= 11 is 0. The summed E-state index contributed by atoms with van der Waals surface area (Å²) in [6.07, 6.45) is 3.23. The molecule has 0 saturated heterocycles. The zero-order chi connectivity index (χ0) is 21.4. The van der Waals surface area contributed by atoms with Gasteiger partial charge in [-0.15, -0.1) is 0 Å². The Bertz CT molecular complexity index is 1030. The first-order chi connectivity index (χ1) is 15.3. The standard InChI is InChI=1S/C28H23NO2/c30-27(22-21-23-13-5-1-6-14-23)29-31-28(24-15-7-2-8-16-24,25-17-9-3-10-18-25)26-19-11-4-12-20-26/h1-22H,(H,29,30)/b22-21+. The Morgan fingerprint density at radius 1 is 0.613 bits per heavy atom. The lowest BCUT2D eigenvalue weighted by atomic mass is 9.80. The van der Waals surface area contributed by atoms with E-state index in [9.17, 15) is 4.79 Å². The molecule has 0 radical (unpaired) electrons. The second-order valence-corrected chi connectivity index (χ2v) is 7.09. The van der Waals surface area contributed by atoms with Crippen LogP contribution in [0.3, 0.4) is 0 Å². The maximum absolute atomic E-state index is 12.6. The van der Waals surface area contributed by atoms with E-state index in [1.807, 2.05) is 121 Å². The molecule has 3 heteroatoms. The molecule has 0 heterocycles. The van der Waals surface area contributed by atoms with Crippen molar-refractivity contribution in [2.75, 3.05) is 0 Å². The number of amides is 1. The number of hydroxylamine groups is 1. The molecule has 0 aliphatic carbocycles. The fourth-order valence-electron chi connectivity index (χ4n) is 3.59. The Morgan fingerprint density at radius 2 is 1.00 bits per heavy atom. The first kappa shape index (κ1) is 20.3. The lowest BCUT2D eigenvalue weighted by Crippen LogP contribution is -2.40. The van der Waals surface area contributed by atoms with Crippen molar-refractivity contribution < 1.29 is 9.63 Å². The van der Waals surface area contributed by atoms with Gasteiger partial charge in [0.1, 0.15) is 0 Å². The molecule has 0 atom stereocenters. The first-order valence-corrected chi connectivity index (χ1v) is 10.2. The van der Waals surface area contributed by atoms with Gasteiger partial charge in [0.05, 0.1) is 0 Å². The number of rotatable bonds is 7. The molecule has 0 fully saturated rings. The van der Waals surface area contributed by atoms with E-state index in [1.54, 1.807) is 6.08 Å². The second-order valence-electron chi connectivity index (χ2n) is 7.09. The predicted octanol–water partition coefficient (Wildman–Crippen LogP) is 5.74. The zero-order valence-corrected chi connectivity index (χ0v) is 17.0. The summed E-state index contributed by atoms with van der Waals surface area (Å²) in [4.78, 5) is 18.9. The SMILES string of the molecule is O=C(/C=C/c1ccccc1)NOC(c1ccccc1)(c1ccccc1)c1ccccc1. The van der Waals surface area contributed by atoms with Gasteiger partial charge in [-0.05, 0) is 28.3 Å². The molecule has 0 aromatic heterocycles. The van der Waals surface area contributed by atoms with Crippen molar-refractivity contribution in [3.8, 4) is 0 Å². The van der Waals surface area contributed by atoms with Crippen LogP contribution in [0.4, 0.5) is 0 Å². The van der Waals surface area contributed by atoms with Crippen molar-refractivity contribution in [3.05, 3.63) is 150 Å². The maximum Gasteiger partial charge on any atom is 0.267 e. The first-order valence-electron chi connectivity index (χ1n) is 10.2. The molecule has 0 spiro atoms. The Hall–Kier alpha value is -3.95. The van der Waals surface area contributed by atoms with Crippen LogP contribution in [0.2, 0.25) is 0 Å². The van der Waals surface area contributed by atoms with Gasteiger partial charge in [0.25, 0.3) is 5.91 Å². The van der Waals surface area contributed by atoms with Crippen LogP contribution in [0.15, 0.2) is 127 Å². The van der Waals surface area contributed by atoms with Gasteiger partial charge in [0.15, 0.2) is 5.60 Å². The van der Waals surface area contributed by atoms with Crippen molar-refractivity contribution in [2.24, 2.45) is 0 Å². The number of carbonyl (C=O) groups is 1. The summed E-state index contributed by atoms with van der Waals surface area (Å²) in [6, 6.07) is 39.4. The van der Waals surface area contributed by atoms with Gasteiger partial charge < -0.3 is 0 Å². The summed E-state index contributed by atoms with van der Waals surface area (Å²) in [6.45, 7) is 0. The van der Waals surface area contributed by atoms with Crippen LogP contribution in [0.25, 0.3) is 6.08 Å². The summed E-state index contributed by atoms with van der Waals surface area (Å²) in [7, 11) is 0. The summed E-state index contributed by atoms with van der Waals surface area (Å²) in [5, 5.41) is 0. The third kappa shape index (κ3) is 4.63. The highest BCUT2D eigenvalue weighted by molar-refractivity contribution is 5.91. The molecule has 0 aliphatic rings. The van der Waals surface area contributed by atoms with E-state index >= 15 is 0 Å². The second kappa shape index (κ2) is 9.70. The fraction of sp³-hybridized carbons (Fsp3) is 0.0357. The summed E-state index contributed by atoms with van der Waals surface area (Å²) in [5.74, 6) is -0.337. The minimum absolute atomic E-state index is 0.337. The highest BCUT2D eigenvalue weighted by Crippen LogP contribution is 2.39. The monoisotopic (exact) mass is 405 g/mol.